The summed E-state index contributed by atoms with van der Waals surface area (Å²) >= 11 is 0. The first-order valence-corrected chi connectivity index (χ1v) is 7.91. The van der Waals surface area contributed by atoms with Crippen molar-refractivity contribution in [3.05, 3.63) is 0 Å². The van der Waals surface area contributed by atoms with Crippen molar-refractivity contribution < 1.29 is 0 Å². The third-order valence-corrected chi connectivity index (χ3v) is 5.36. The fourth-order valence-corrected chi connectivity index (χ4v) is 4.36. The third-order valence-electron chi connectivity index (χ3n) is 5.36. The van der Waals surface area contributed by atoms with Gasteiger partial charge in [-0.2, -0.15) is 0 Å². The molecule has 2 fully saturated rings. The Balaban J connectivity index is 1.97. The van der Waals surface area contributed by atoms with Gasteiger partial charge in [-0.1, -0.05) is 33.6 Å². The van der Waals surface area contributed by atoms with E-state index in [-0.39, 0.29) is 0 Å². The van der Waals surface area contributed by atoms with Gasteiger partial charge in [-0.05, 0) is 43.1 Å². The number of hydrogen-bond acceptors (Lipinski definition) is 2. The highest BCUT2D eigenvalue weighted by Gasteiger charge is 2.38. The van der Waals surface area contributed by atoms with Gasteiger partial charge in [-0.3, -0.25) is 0 Å². The molecule has 1 aliphatic heterocycles. The molecule has 2 nitrogen and oxygen atoms in total. The molecule has 1 heterocycles. The van der Waals surface area contributed by atoms with Crippen LogP contribution in [0.5, 0.6) is 0 Å². The maximum absolute atomic E-state index is 3.47. The molecule has 0 aromatic carbocycles. The lowest BCUT2D eigenvalue weighted by atomic mass is 9.69. The summed E-state index contributed by atoms with van der Waals surface area (Å²) in [6, 6.07) is 0. The molecule has 18 heavy (non-hydrogen) atoms. The molecule has 0 bridgehead atoms. The average Bonchev–Trinajstić information content (AvgIpc) is 2.57. The van der Waals surface area contributed by atoms with E-state index in [1.807, 2.05) is 0 Å². The highest BCUT2D eigenvalue weighted by Crippen LogP contribution is 2.40. The molecule has 1 saturated heterocycles. The Hall–Kier alpha value is -0.0800. The maximum Gasteiger partial charge on any atom is 0.00505 e. The van der Waals surface area contributed by atoms with E-state index in [0.717, 1.165) is 17.8 Å². The van der Waals surface area contributed by atoms with E-state index in [1.165, 1.54) is 51.9 Å². The van der Waals surface area contributed by atoms with E-state index in [9.17, 15) is 0 Å². The fourth-order valence-electron chi connectivity index (χ4n) is 4.36. The Morgan fingerprint density at radius 2 is 1.83 bits per heavy atom. The topological polar surface area (TPSA) is 15.3 Å². The zero-order valence-corrected chi connectivity index (χ0v) is 12.8. The van der Waals surface area contributed by atoms with Gasteiger partial charge in [0.1, 0.15) is 0 Å². The minimum atomic E-state index is 0.552. The second-order valence-electron chi connectivity index (χ2n) is 7.38. The SMILES string of the molecule is CNCC1(CN2CC(C)C(C)C2)CCCC(C)C1. The van der Waals surface area contributed by atoms with Gasteiger partial charge < -0.3 is 10.2 Å². The van der Waals surface area contributed by atoms with Crippen LogP contribution in [0.25, 0.3) is 0 Å². The first kappa shape index (κ1) is 14.3. The molecular formula is C16H32N2. The van der Waals surface area contributed by atoms with Crippen LogP contribution in [0.15, 0.2) is 0 Å². The van der Waals surface area contributed by atoms with Crippen molar-refractivity contribution in [2.24, 2.45) is 23.2 Å². The van der Waals surface area contributed by atoms with Gasteiger partial charge in [-0.25, -0.2) is 0 Å². The van der Waals surface area contributed by atoms with E-state index in [2.05, 4.69) is 38.0 Å². The highest BCUT2D eigenvalue weighted by atomic mass is 15.2. The molecule has 1 N–H and O–H groups in total. The molecule has 4 atom stereocenters. The Kier molecular flexibility index (Phi) is 4.71. The zero-order chi connectivity index (χ0) is 13.2. The third kappa shape index (κ3) is 3.27. The molecule has 4 unspecified atom stereocenters. The first-order valence-electron chi connectivity index (χ1n) is 7.91. The number of likely N-dealkylation sites (tertiary alicyclic amines) is 1. The monoisotopic (exact) mass is 252 g/mol. The number of nitrogens with one attached hydrogen (secondary N) is 1. The highest BCUT2D eigenvalue weighted by molar-refractivity contribution is 4.92. The van der Waals surface area contributed by atoms with Gasteiger partial charge in [0.2, 0.25) is 0 Å². The number of hydrogen-bond donors (Lipinski definition) is 1. The van der Waals surface area contributed by atoms with E-state index in [1.54, 1.807) is 0 Å². The van der Waals surface area contributed by atoms with Crippen LogP contribution in [0.4, 0.5) is 0 Å². The Morgan fingerprint density at radius 1 is 1.17 bits per heavy atom. The van der Waals surface area contributed by atoms with E-state index >= 15 is 0 Å². The molecular weight excluding hydrogens is 220 g/mol. The van der Waals surface area contributed by atoms with Crippen LogP contribution in [-0.4, -0.2) is 38.1 Å². The van der Waals surface area contributed by atoms with Crippen LogP contribution in [-0.2, 0) is 0 Å². The molecule has 1 aliphatic carbocycles. The molecule has 2 heteroatoms. The van der Waals surface area contributed by atoms with Gasteiger partial charge >= 0.3 is 0 Å². The fraction of sp³-hybridized carbons (Fsp3) is 1.00. The Bertz CT molecular complexity index is 252. The molecule has 1 saturated carbocycles. The van der Waals surface area contributed by atoms with Crippen LogP contribution in [0.1, 0.15) is 46.5 Å². The summed E-state index contributed by atoms with van der Waals surface area (Å²) < 4.78 is 0. The van der Waals surface area contributed by atoms with Gasteiger partial charge in [0.15, 0.2) is 0 Å². The quantitative estimate of drug-likeness (QED) is 0.827. The van der Waals surface area contributed by atoms with Crippen molar-refractivity contribution in [3.8, 4) is 0 Å². The molecule has 0 amide bonds. The lowest BCUT2D eigenvalue weighted by molar-refractivity contribution is 0.0908. The predicted molar refractivity (Wildman–Crippen MR) is 78.8 cm³/mol. The van der Waals surface area contributed by atoms with Gasteiger partial charge in [0.25, 0.3) is 0 Å². The van der Waals surface area contributed by atoms with Crippen molar-refractivity contribution in [2.75, 3.05) is 33.2 Å². The lowest BCUT2D eigenvalue weighted by Gasteiger charge is -2.42. The van der Waals surface area contributed by atoms with Gasteiger partial charge in [-0.15, -0.1) is 0 Å². The molecule has 2 rings (SSSR count). The molecule has 0 radical (unpaired) electrons. The van der Waals surface area contributed by atoms with Crippen LogP contribution in [0.2, 0.25) is 0 Å². The van der Waals surface area contributed by atoms with Gasteiger partial charge in [0, 0.05) is 26.2 Å². The van der Waals surface area contributed by atoms with E-state index in [0.29, 0.717) is 5.41 Å². The van der Waals surface area contributed by atoms with Crippen molar-refractivity contribution >= 4 is 0 Å². The summed E-state index contributed by atoms with van der Waals surface area (Å²) in [5, 5.41) is 3.47. The average molecular weight is 252 g/mol. The second-order valence-corrected chi connectivity index (χ2v) is 7.38. The summed E-state index contributed by atoms with van der Waals surface area (Å²) in [6.45, 7) is 12.4. The van der Waals surface area contributed by atoms with Crippen LogP contribution >= 0.6 is 0 Å². The van der Waals surface area contributed by atoms with Crippen LogP contribution < -0.4 is 5.32 Å². The summed E-state index contributed by atoms with van der Waals surface area (Å²) in [4.78, 5) is 2.74. The molecule has 0 aromatic rings. The molecule has 2 aliphatic rings. The summed E-state index contributed by atoms with van der Waals surface area (Å²) in [7, 11) is 2.12. The normalized spacial score (nSPS) is 42.3. The molecule has 106 valence electrons. The second kappa shape index (κ2) is 5.92. The first-order chi connectivity index (χ1) is 8.54. The van der Waals surface area contributed by atoms with Crippen LogP contribution in [0.3, 0.4) is 0 Å². The smallest absolute Gasteiger partial charge is 0.00505 e. The maximum atomic E-state index is 3.47. The predicted octanol–water partition coefficient (Wildman–Crippen LogP) is 2.99. The minimum Gasteiger partial charge on any atom is -0.319 e. The number of nitrogens with zero attached hydrogens (tertiary/aromatic N) is 1. The van der Waals surface area contributed by atoms with Crippen molar-refractivity contribution in [2.45, 2.75) is 46.5 Å². The largest absolute Gasteiger partial charge is 0.319 e. The summed E-state index contributed by atoms with van der Waals surface area (Å²) in [5.41, 5.74) is 0.552. The van der Waals surface area contributed by atoms with Crippen molar-refractivity contribution in [3.63, 3.8) is 0 Å². The standard InChI is InChI=1S/C16H32N2/c1-13-6-5-7-16(8-13,11-17-4)12-18-9-14(2)15(3)10-18/h13-15,17H,5-12H2,1-4H3. The Labute approximate surface area is 114 Å². The van der Waals surface area contributed by atoms with E-state index < -0.39 is 0 Å². The molecule has 0 aromatic heterocycles. The van der Waals surface area contributed by atoms with Crippen molar-refractivity contribution in [1.82, 2.24) is 10.2 Å². The van der Waals surface area contributed by atoms with Gasteiger partial charge in [0.05, 0.1) is 0 Å². The van der Waals surface area contributed by atoms with E-state index in [4.69, 9.17) is 0 Å². The van der Waals surface area contributed by atoms with Crippen LogP contribution in [0, 0.1) is 23.2 Å². The lowest BCUT2D eigenvalue weighted by Crippen LogP contribution is -2.45. The minimum absolute atomic E-state index is 0.552. The number of rotatable bonds is 4. The molecule has 0 spiro atoms. The summed E-state index contributed by atoms with van der Waals surface area (Å²) in [5.74, 6) is 2.69. The zero-order valence-electron chi connectivity index (χ0n) is 12.8. The Morgan fingerprint density at radius 3 is 2.39 bits per heavy atom. The van der Waals surface area contributed by atoms with Crippen molar-refractivity contribution in [1.29, 1.82) is 0 Å². The summed E-state index contributed by atoms with van der Waals surface area (Å²) in [6.07, 6.45) is 5.73.